The Morgan fingerprint density at radius 3 is 2.11 bits per heavy atom. The second-order valence-corrected chi connectivity index (χ2v) is 6.74. The van der Waals surface area contributed by atoms with Gasteiger partial charge in [0.15, 0.2) is 0 Å². The average Bonchev–Trinajstić information content (AvgIpc) is 2.39. The van der Waals surface area contributed by atoms with Gasteiger partial charge in [0.1, 0.15) is 0 Å². The summed E-state index contributed by atoms with van der Waals surface area (Å²) < 4.78 is 27.4. The fourth-order valence-electron chi connectivity index (χ4n) is 1.78. The van der Waals surface area contributed by atoms with Gasteiger partial charge >= 0.3 is 0 Å². The van der Waals surface area contributed by atoms with E-state index in [1.807, 2.05) is 32.9 Å². The van der Waals surface area contributed by atoms with Crippen molar-refractivity contribution in [3.8, 4) is 0 Å². The summed E-state index contributed by atoms with van der Waals surface area (Å²) in [5.41, 5.74) is 6.13. The van der Waals surface area contributed by atoms with E-state index >= 15 is 0 Å². The first-order valence-electron chi connectivity index (χ1n) is 6.70. The van der Waals surface area contributed by atoms with Crippen LogP contribution >= 0.6 is 0 Å². The maximum absolute atomic E-state index is 12.3. The summed E-state index contributed by atoms with van der Waals surface area (Å²) in [6, 6.07) is 6.91. The van der Waals surface area contributed by atoms with Crippen molar-refractivity contribution in [2.45, 2.75) is 50.5 Å². The third-order valence-corrected chi connectivity index (χ3v) is 5.26. The van der Waals surface area contributed by atoms with E-state index in [0.717, 1.165) is 24.8 Å². The molecule has 0 aromatic heterocycles. The highest BCUT2D eigenvalue weighted by Crippen LogP contribution is 2.19. The van der Waals surface area contributed by atoms with Crippen LogP contribution in [0.3, 0.4) is 0 Å². The lowest BCUT2D eigenvalue weighted by molar-refractivity contribution is 0.388. The molecule has 1 aromatic rings. The first kappa shape index (κ1) is 16.1. The molecule has 4 nitrogen and oxygen atoms in total. The summed E-state index contributed by atoms with van der Waals surface area (Å²) in [5.74, 6) is 0. The zero-order valence-corrected chi connectivity index (χ0v) is 12.8. The van der Waals surface area contributed by atoms with E-state index in [1.165, 1.54) is 0 Å². The first-order valence-corrected chi connectivity index (χ1v) is 8.18. The van der Waals surface area contributed by atoms with Crippen LogP contribution in [0.1, 0.15) is 39.2 Å². The van der Waals surface area contributed by atoms with Crippen molar-refractivity contribution in [2.75, 3.05) is 6.54 Å². The number of nitrogens with one attached hydrogen (secondary N) is 1. The number of hydrogen-bond acceptors (Lipinski definition) is 3. The Morgan fingerprint density at radius 1 is 1.16 bits per heavy atom. The highest BCUT2D eigenvalue weighted by atomic mass is 32.2. The van der Waals surface area contributed by atoms with E-state index < -0.39 is 15.6 Å². The van der Waals surface area contributed by atoms with Crippen LogP contribution in [0.2, 0.25) is 0 Å². The van der Waals surface area contributed by atoms with Gasteiger partial charge in [-0.15, -0.1) is 0 Å². The van der Waals surface area contributed by atoms with Gasteiger partial charge in [0.05, 0.1) is 4.90 Å². The fraction of sp³-hybridized carbons (Fsp3) is 0.571. The highest BCUT2D eigenvalue weighted by molar-refractivity contribution is 7.89. The topological polar surface area (TPSA) is 72.2 Å². The van der Waals surface area contributed by atoms with Gasteiger partial charge < -0.3 is 5.73 Å². The number of sulfonamides is 1. The number of nitrogens with two attached hydrogens (primary N) is 1. The van der Waals surface area contributed by atoms with Crippen LogP contribution in [0.25, 0.3) is 0 Å². The van der Waals surface area contributed by atoms with Gasteiger partial charge in [-0.05, 0) is 50.4 Å². The second-order valence-electron chi connectivity index (χ2n) is 5.06. The van der Waals surface area contributed by atoms with Crippen LogP contribution in [0, 0.1) is 0 Å². The molecule has 0 amide bonds. The van der Waals surface area contributed by atoms with Crippen LogP contribution in [0.4, 0.5) is 0 Å². The van der Waals surface area contributed by atoms with Gasteiger partial charge in [-0.1, -0.05) is 26.0 Å². The average molecular weight is 284 g/mol. The Hall–Kier alpha value is -0.910. The van der Waals surface area contributed by atoms with Crippen molar-refractivity contribution in [3.63, 3.8) is 0 Å². The Labute approximate surface area is 116 Å². The van der Waals surface area contributed by atoms with Gasteiger partial charge in [0.2, 0.25) is 10.0 Å². The zero-order valence-electron chi connectivity index (χ0n) is 11.9. The molecule has 1 rings (SSSR count). The molecule has 0 heterocycles. The van der Waals surface area contributed by atoms with E-state index in [0.29, 0.717) is 11.4 Å². The Bertz CT molecular complexity index is 491. The Balaban J connectivity index is 2.94. The molecule has 0 aliphatic rings. The zero-order chi connectivity index (χ0) is 14.5. The Morgan fingerprint density at radius 2 is 1.68 bits per heavy atom. The SMILES string of the molecule is CCC(C)(CC)NS(=O)(=O)c1ccc(CCN)cc1. The summed E-state index contributed by atoms with van der Waals surface area (Å²) in [5, 5.41) is 0. The van der Waals surface area contributed by atoms with Crippen LogP contribution in [0.5, 0.6) is 0 Å². The monoisotopic (exact) mass is 284 g/mol. The van der Waals surface area contributed by atoms with Gasteiger partial charge in [0.25, 0.3) is 0 Å². The lowest BCUT2D eigenvalue weighted by atomic mass is 9.98. The van der Waals surface area contributed by atoms with E-state index in [1.54, 1.807) is 12.1 Å². The molecule has 0 bridgehead atoms. The minimum atomic E-state index is -3.46. The largest absolute Gasteiger partial charge is 0.330 e. The van der Waals surface area contributed by atoms with Crippen molar-refractivity contribution in [1.82, 2.24) is 4.72 Å². The number of hydrogen-bond donors (Lipinski definition) is 2. The first-order chi connectivity index (χ1) is 8.87. The van der Waals surface area contributed by atoms with Crippen molar-refractivity contribution in [3.05, 3.63) is 29.8 Å². The molecule has 0 saturated heterocycles. The maximum Gasteiger partial charge on any atom is 0.241 e. The van der Waals surface area contributed by atoms with Crippen LogP contribution < -0.4 is 10.5 Å². The third-order valence-electron chi connectivity index (χ3n) is 3.61. The summed E-state index contributed by atoms with van der Waals surface area (Å²) in [6.45, 7) is 6.45. The van der Waals surface area contributed by atoms with Crippen molar-refractivity contribution >= 4 is 10.0 Å². The molecule has 1 aromatic carbocycles. The quantitative estimate of drug-likeness (QED) is 0.805. The summed E-state index contributed by atoms with van der Waals surface area (Å²) in [4.78, 5) is 0.307. The van der Waals surface area contributed by atoms with E-state index in [2.05, 4.69) is 4.72 Å². The molecule has 0 unspecified atom stereocenters. The minimum Gasteiger partial charge on any atom is -0.330 e. The Kier molecular flexibility index (Phi) is 5.52. The molecule has 3 N–H and O–H groups in total. The fourth-order valence-corrected chi connectivity index (χ4v) is 3.33. The molecular weight excluding hydrogens is 260 g/mol. The molecule has 0 radical (unpaired) electrons. The van der Waals surface area contributed by atoms with Gasteiger partial charge in [-0.25, -0.2) is 13.1 Å². The molecule has 0 aliphatic heterocycles. The molecule has 19 heavy (non-hydrogen) atoms. The molecule has 0 aliphatic carbocycles. The van der Waals surface area contributed by atoms with E-state index in [-0.39, 0.29) is 0 Å². The smallest absolute Gasteiger partial charge is 0.241 e. The van der Waals surface area contributed by atoms with Gasteiger partial charge in [0, 0.05) is 5.54 Å². The summed E-state index contributed by atoms with van der Waals surface area (Å²) in [7, 11) is -3.46. The van der Waals surface area contributed by atoms with Gasteiger partial charge in [-0.2, -0.15) is 0 Å². The standard InChI is InChI=1S/C14H24N2O2S/c1-4-14(3,5-2)16-19(17,18)13-8-6-12(7-9-13)10-11-15/h6-9,16H,4-5,10-11,15H2,1-3H3. The molecule has 0 fully saturated rings. The normalized spacial score (nSPS) is 12.6. The highest BCUT2D eigenvalue weighted by Gasteiger charge is 2.27. The van der Waals surface area contributed by atoms with Crippen molar-refractivity contribution < 1.29 is 8.42 Å². The molecule has 0 atom stereocenters. The lowest BCUT2D eigenvalue weighted by Crippen LogP contribution is -2.44. The molecule has 0 spiro atoms. The molecule has 5 heteroatoms. The van der Waals surface area contributed by atoms with E-state index in [4.69, 9.17) is 5.73 Å². The number of benzene rings is 1. The number of rotatable bonds is 7. The molecule has 108 valence electrons. The van der Waals surface area contributed by atoms with Crippen LogP contribution in [-0.4, -0.2) is 20.5 Å². The van der Waals surface area contributed by atoms with Crippen molar-refractivity contribution in [1.29, 1.82) is 0 Å². The van der Waals surface area contributed by atoms with E-state index in [9.17, 15) is 8.42 Å². The predicted octanol–water partition coefficient (Wildman–Crippen LogP) is 2.04. The van der Waals surface area contributed by atoms with Crippen LogP contribution in [0.15, 0.2) is 29.2 Å². The van der Waals surface area contributed by atoms with Gasteiger partial charge in [-0.3, -0.25) is 0 Å². The lowest BCUT2D eigenvalue weighted by Gasteiger charge is -2.27. The van der Waals surface area contributed by atoms with Crippen LogP contribution in [-0.2, 0) is 16.4 Å². The second kappa shape index (κ2) is 6.50. The summed E-state index contributed by atoms with van der Waals surface area (Å²) >= 11 is 0. The predicted molar refractivity (Wildman–Crippen MR) is 78.5 cm³/mol. The molecular formula is C14H24N2O2S. The van der Waals surface area contributed by atoms with Crippen molar-refractivity contribution in [2.24, 2.45) is 5.73 Å². The minimum absolute atomic E-state index is 0.307. The molecule has 0 saturated carbocycles. The summed E-state index contributed by atoms with van der Waals surface area (Å²) in [6.07, 6.45) is 2.28. The third kappa shape index (κ3) is 4.30. The maximum atomic E-state index is 12.3.